The first kappa shape index (κ1) is 18.9. The Labute approximate surface area is 162 Å². The van der Waals surface area contributed by atoms with Crippen molar-refractivity contribution in [2.24, 2.45) is 0 Å². The summed E-state index contributed by atoms with van der Waals surface area (Å²) in [6.45, 7) is 3.01. The van der Waals surface area contributed by atoms with Crippen molar-refractivity contribution in [2.75, 3.05) is 13.2 Å². The molecule has 0 amide bonds. The third kappa shape index (κ3) is 5.31. The Kier molecular flexibility index (Phi) is 6.44. The van der Waals surface area contributed by atoms with E-state index < -0.39 is 5.97 Å². The molecule has 0 aliphatic rings. The van der Waals surface area contributed by atoms with Crippen molar-refractivity contribution < 1.29 is 19.4 Å². The van der Waals surface area contributed by atoms with Crippen LogP contribution in [-0.4, -0.2) is 29.3 Å². The molecule has 0 unspecified atom stereocenters. The number of carboxylic acids is 1. The molecule has 27 heavy (non-hydrogen) atoms. The fourth-order valence-electron chi connectivity index (χ4n) is 2.63. The van der Waals surface area contributed by atoms with E-state index in [1.165, 1.54) is 16.9 Å². The molecule has 0 spiro atoms. The molecule has 1 heterocycles. The SMILES string of the molecule is CCOc1cc(-c2nc(CC(=O)O)cs2)ccc1OCCc1ccccc1. The van der Waals surface area contributed by atoms with Crippen molar-refractivity contribution in [1.29, 1.82) is 0 Å². The second-order valence-electron chi connectivity index (χ2n) is 5.89. The zero-order chi connectivity index (χ0) is 19.1. The molecule has 0 saturated heterocycles. The summed E-state index contributed by atoms with van der Waals surface area (Å²) in [5.74, 6) is 0.473. The number of aliphatic carboxylic acids is 1. The number of benzene rings is 2. The average Bonchev–Trinajstić information content (AvgIpc) is 3.12. The number of thiazole rings is 1. The van der Waals surface area contributed by atoms with Gasteiger partial charge in [-0.3, -0.25) is 4.79 Å². The number of carboxylic acid groups (broad SMARTS) is 1. The number of rotatable bonds is 9. The largest absolute Gasteiger partial charge is 0.490 e. The summed E-state index contributed by atoms with van der Waals surface area (Å²) in [7, 11) is 0. The van der Waals surface area contributed by atoms with Gasteiger partial charge >= 0.3 is 5.97 Å². The molecule has 0 fully saturated rings. The van der Waals surface area contributed by atoms with Gasteiger partial charge in [0, 0.05) is 17.4 Å². The van der Waals surface area contributed by atoms with Gasteiger partial charge in [-0.25, -0.2) is 4.98 Å². The Morgan fingerprint density at radius 2 is 1.93 bits per heavy atom. The Morgan fingerprint density at radius 1 is 1.11 bits per heavy atom. The van der Waals surface area contributed by atoms with Crippen molar-refractivity contribution in [3.05, 3.63) is 65.2 Å². The van der Waals surface area contributed by atoms with Crippen LogP contribution in [0, 0.1) is 0 Å². The molecule has 3 aromatic rings. The summed E-state index contributed by atoms with van der Waals surface area (Å²) in [5.41, 5.74) is 2.67. The molecule has 6 heteroatoms. The van der Waals surface area contributed by atoms with E-state index >= 15 is 0 Å². The number of ether oxygens (including phenoxy) is 2. The van der Waals surface area contributed by atoms with Gasteiger partial charge < -0.3 is 14.6 Å². The van der Waals surface area contributed by atoms with Crippen LogP contribution in [0.25, 0.3) is 10.6 Å². The summed E-state index contributed by atoms with van der Waals surface area (Å²) < 4.78 is 11.7. The van der Waals surface area contributed by atoms with E-state index in [1.807, 2.05) is 43.3 Å². The maximum atomic E-state index is 10.8. The summed E-state index contributed by atoms with van der Waals surface area (Å²) in [6, 6.07) is 15.9. The molecular weight excluding hydrogens is 362 g/mol. The van der Waals surface area contributed by atoms with E-state index in [1.54, 1.807) is 5.38 Å². The van der Waals surface area contributed by atoms with Crippen LogP contribution in [0.3, 0.4) is 0 Å². The highest BCUT2D eigenvalue weighted by atomic mass is 32.1. The fourth-order valence-corrected chi connectivity index (χ4v) is 3.44. The molecule has 3 rings (SSSR count). The molecule has 0 atom stereocenters. The second kappa shape index (κ2) is 9.19. The highest BCUT2D eigenvalue weighted by Crippen LogP contribution is 2.34. The number of aromatic nitrogens is 1. The van der Waals surface area contributed by atoms with Crippen LogP contribution in [-0.2, 0) is 17.6 Å². The Bertz CT molecular complexity index is 892. The van der Waals surface area contributed by atoms with Crippen molar-refractivity contribution >= 4 is 17.3 Å². The van der Waals surface area contributed by atoms with E-state index in [2.05, 4.69) is 17.1 Å². The molecule has 0 aliphatic heterocycles. The third-order valence-corrected chi connectivity index (χ3v) is 4.81. The minimum atomic E-state index is -0.885. The summed E-state index contributed by atoms with van der Waals surface area (Å²) in [5, 5.41) is 11.4. The van der Waals surface area contributed by atoms with Crippen LogP contribution in [0.15, 0.2) is 53.9 Å². The van der Waals surface area contributed by atoms with Gasteiger partial charge in [0.15, 0.2) is 11.5 Å². The molecule has 0 bridgehead atoms. The van der Waals surface area contributed by atoms with Gasteiger partial charge in [-0.05, 0) is 30.7 Å². The molecule has 1 N–H and O–H groups in total. The lowest BCUT2D eigenvalue weighted by molar-refractivity contribution is -0.136. The van der Waals surface area contributed by atoms with E-state index in [-0.39, 0.29) is 6.42 Å². The monoisotopic (exact) mass is 383 g/mol. The van der Waals surface area contributed by atoms with Gasteiger partial charge in [0.05, 0.1) is 25.3 Å². The Morgan fingerprint density at radius 3 is 2.67 bits per heavy atom. The van der Waals surface area contributed by atoms with Gasteiger partial charge in [0.25, 0.3) is 0 Å². The highest BCUT2D eigenvalue weighted by Gasteiger charge is 2.12. The molecule has 1 aromatic heterocycles. The standard InChI is InChI=1S/C21H21NO4S/c1-2-25-19-12-16(21-22-17(14-27-21)13-20(23)24)8-9-18(19)26-11-10-15-6-4-3-5-7-15/h3-9,12,14H,2,10-11,13H2,1H3,(H,23,24). The maximum absolute atomic E-state index is 10.8. The average molecular weight is 383 g/mol. The summed E-state index contributed by atoms with van der Waals surface area (Å²) in [6.07, 6.45) is 0.745. The highest BCUT2D eigenvalue weighted by molar-refractivity contribution is 7.13. The first-order valence-electron chi connectivity index (χ1n) is 8.76. The minimum Gasteiger partial charge on any atom is -0.490 e. The van der Waals surface area contributed by atoms with E-state index in [4.69, 9.17) is 14.6 Å². The van der Waals surface area contributed by atoms with Gasteiger partial charge in [0.2, 0.25) is 0 Å². The van der Waals surface area contributed by atoms with Crippen molar-refractivity contribution in [2.45, 2.75) is 19.8 Å². The van der Waals surface area contributed by atoms with Crippen LogP contribution in [0.2, 0.25) is 0 Å². The van der Waals surface area contributed by atoms with Gasteiger partial charge in [-0.1, -0.05) is 30.3 Å². The van der Waals surface area contributed by atoms with Crippen LogP contribution in [0.1, 0.15) is 18.2 Å². The molecule has 0 aliphatic carbocycles. The maximum Gasteiger partial charge on any atom is 0.309 e. The van der Waals surface area contributed by atoms with E-state index in [9.17, 15) is 4.79 Å². The molecule has 5 nitrogen and oxygen atoms in total. The first-order valence-corrected chi connectivity index (χ1v) is 9.64. The van der Waals surface area contributed by atoms with Crippen molar-refractivity contribution in [1.82, 2.24) is 4.98 Å². The Balaban J connectivity index is 1.72. The molecular formula is C21H21NO4S. The summed E-state index contributed by atoms with van der Waals surface area (Å²) >= 11 is 1.42. The lowest BCUT2D eigenvalue weighted by Gasteiger charge is -2.13. The quantitative estimate of drug-likeness (QED) is 0.591. The van der Waals surface area contributed by atoms with Gasteiger partial charge in [-0.15, -0.1) is 11.3 Å². The fraction of sp³-hybridized carbons (Fsp3) is 0.238. The van der Waals surface area contributed by atoms with Crippen LogP contribution in [0.5, 0.6) is 11.5 Å². The minimum absolute atomic E-state index is 0.0739. The second-order valence-corrected chi connectivity index (χ2v) is 6.75. The topological polar surface area (TPSA) is 68.7 Å². The molecule has 0 radical (unpaired) electrons. The number of nitrogens with zero attached hydrogens (tertiary/aromatic N) is 1. The van der Waals surface area contributed by atoms with Crippen LogP contribution in [0.4, 0.5) is 0 Å². The first-order chi connectivity index (χ1) is 13.2. The third-order valence-electron chi connectivity index (χ3n) is 3.87. The summed E-state index contributed by atoms with van der Waals surface area (Å²) in [4.78, 5) is 15.2. The lowest BCUT2D eigenvalue weighted by atomic mass is 10.2. The zero-order valence-electron chi connectivity index (χ0n) is 15.1. The number of hydrogen-bond acceptors (Lipinski definition) is 5. The number of hydrogen-bond donors (Lipinski definition) is 1. The number of carbonyl (C=O) groups is 1. The molecule has 0 saturated carbocycles. The lowest BCUT2D eigenvalue weighted by Crippen LogP contribution is -2.03. The van der Waals surface area contributed by atoms with Crippen LogP contribution >= 0.6 is 11.3 Å². The molecule has 2 aromatic carbocycles. The van der Waals surface area contributed by atoms with E-state index in [0.717, 1.165) is 17.0 Å². The van der Waals surface area contributed by atoms with E-state index in [0.29, 0.717) is 30.4 Å². The normalized spacial score (nSPS) is 10.6. The van der Waals surface area contributed by atoms with Crippen molar-refractivity contribution in [3.8, 4) is 22.1 Å². The molecule has 140 valence electrons. The Hall–Kier alpha value is -2.86. The van der Waals surface area contributed by atoms with Crippen LogP contribution < -0.4 is 9.47 Å². The zero-order valence-corrected chi connectivity index (χ0v) is 15.9. The van der Waals surface area contributed by atoms with Crippen molar-refractivity contribution in [3.63, 3.8) is 0 Å². The van der Waals surface area contributed by atoms with Gasteiger partial charge in [-0.2, -0.15) is 0 Å². The van der Waals surface area contributed by atoms with Gasteiger partial charge in [0.1, 0.15) is 5.01 Å². The predicted octanol–water partition coefficient (Wildman–Crippen LogP) is 4.46. The smallest absolute Gasteiger partial charge is 0.309 e. The predicted molar refractivity (Wildman–Crippen MR) is 106 cm³/mol.